The van der Waals surface area contributed by atoms with E-state index in [2.05, 4.69) is 58.4 Å². The first-order valence-corrected chi connectivity index (χ1v) is 7.59. The van der Waals surface area contributed by atoms with Gasteiger partial charge in [-0.15, -0.1) is 0 Å². The SMILES string of the molecule is CC(NCC(=O)Nc1c(Br)cc(Br)cc1Br)C(=O)O. The van der Waals surface area contributed by atoms with Crippen LogP contribution in [0.2, 0.25) is 0 Å². The summed E-state index contributed by atoms with van der Waals surface area (Å²) in [6.07, 6.45) is 0. The molecule has 1 aromatic rings. The molecule has 1 rings (SSSR count). The largest absolute Gasteiger partial charge is 0.480 e. The number of carboxylic acids is 1. The van der Waals surface area contributed by atoms with Crippen LogP contribution < -0.4 is 10.6 Å². The summed E-state index contributed by atoms with van der Waals surface area (Å²) < 4.78 is 2.30. The lowest BCUT2D eigenvalue weighted by Crippen LogP contribution is -2.39. The van der Waals surface area contributed by atoms with Crippen molar-refractivity contribution in [3.05, 3.63) is 25.6 Å². The number of benzene rings is 1. The molecule has 0 saturated heterocycles. The van der Waals surface area contributed by atoms with E-state index in [9.17, 15) is 9.59 Å². The fourth-order valence-electron chi connectivity index (χ4n) is 1.18. The summed E-state index contributed by atoms with van der Waals surface area (Å²) in [4.78, 5) is 22.3. The molecule has 0 aliphatic rings. The highest BCUT2D eigenvalue weighted by atomic mass is 79.9. The van der Waals surface area contributed by atoms with Crippen LogP contribution in [-0.2, 0) is 9.59 Å². The number of aliphatic carboxylic acids is 1. The lowest BCUT2D eigenvalue weighted by Gasteiger charge is -2.12. The number of hydrogen-bond donors (Lipinski definition) is 3. The number of carboxylic acid groups (broad SMARTS) is 1. The third-order valence-electron chi connectivity index (χ3n) is 2.21. The predicted octanol–water partition coefficient (Wildman–Crippen LogP) is 2.98. The molecule has 0 aliphatic heterocycles. The van der Waals surface area contributed by atoms with E-state index in [1.165, 1.54) is 6.92 Å². The van der Waals surface area contributed by atoms with Gasteiger partial charge in [-0.2, -0.15) is 0 Å². The number of hydrogen-bond acceptors (Lipinski definition) is 3. The molecule has 1 aromatic carbocycles. The van der Waals surface area contributed by atoms with Gasteiger partial charge in [-0.25, -0.2) is 0 Å². The number of amides is 1. The zero-order valence-corrected chi connectivity index (χ0v) is 14.6. The second kappa shape index (κ2) is 7.37. The van der Waals surface area contributed by atoms with Gasteiger partial charge in [-0.3, -0.25) is 14.9 Å². The maximum atomic E-state index is 11.7. The fraction of sp³-hybridized carbons (Fsp3) is 0.273. The Kier molecular flexibility index (Phi) is 6.45. The van der Waals surface area contributed by atoms with E-state index in [1.807, 2.05) is 0 Å². The van der Waals surface area contributed by atoms with Gasteiger partial charge in [0.2, 0.25) is 5.91 Å². The van der Waals surface area contributed by atoms with E-state index in [1.54, 1.807) is 12.1 Å². The van der Waals surface area contributed by atoms with Crippen molar-refractivity contribution in [1.29, 1.82) is 0 Å². The van der Waals surface area contributed by atoms with Crippen molar-refractivity contribution >= 4 is 65.4 Å². The molecule has 1 unspecified atom stereocenters. The number of nitrogens with one attached hydrogen (secondary N) is 2. The smallest absolute Gasteiger partial charge is 0.320 e. The molecule has 0 aromatic heterocycles. The topological polar surface area (TPSA) is 78.4 Å². The van der Waals surface area contributed by atoms with Gasteiger partial charge in [0.25, 0.3) is 0 Å². The van der Waals surface area contributed by atoms with Gasteiger partial charge in [0.15, 0.2) is 0 Å². The van der Waals surface area contributed by atoms with Crippen LogP contribution in [0.4, 0.5) is 5.69 Å². The molecule has 0 saturated carbocycles. The van der Waals surface area contributed by atoms with Crippen LogP contribution in [0.3, 0.4) is 0 Å². The van der Waals surface area contributed by atoms with Gasteiger partial charge in [0.1, 0.15) is 6.04 Å². The minimum absolute atomic E-state index is 0.0809. The summed E-state index contributed by atoms with van der Waals surface area (Å²) in [6.45, 7) is 1.39. The number of carbonyl (C=O) groups excluding carboxylic acids is 1. The number of anilines is 1. The monoisotopic (exact) mass is 456 g/mol. The van der Waals surface area contributed by atoms with Crippen LogP contribution in [-0.4, -0.2) is 29.6 Å². The Morgan fingerprint density at radius 2 is 1.79 bits per heavy atom. The van der Waals surface area contributed by atoms with Gasteiger partial charge in [-0.05, 0) is 50.9 Å². The zero-order valence-electron chi connectivity index (χ0n) is 9.84. The van der Waals surface area contributed by atoms with Gasteiger partial charge in [0, 0.05) is 13.4 Å². The first-order valence-electron chi connectivity index (χ1n) is 5.22. The standard InChI is InChI=1S/C11H11Br3N2O3/c1-5(11(18)19)15-4-9(17)16-10-7(13)2-6(12)3-8(10)14/h2-3,5,15H,4H2,1H3,(H,16,17)(H,18,19). The molecule has 3 N–H and O–H groups in total. The highest BCUT2D eigenvalue weighted by Crippen LogP contribution is 2.34. The average molecular weight is 459 g/mol. The van der Waals surface area contributed by atoms with E-state index in [-0.39, 0.29) is 12.5 Å². The highest BCUT2D eigenvalue weighted by Gasteiger charge is 2.14. The molecule has 104 valence electrons. The molecule has 0 radical (unpaired) electrons. The summed E-state index contributed by atoms with van der Waals surface area (Å²) in [6, 6.07) is 2.82. The average Bonchev–Trinajstić information content (AvgIpc) is 2.30. The Morgan fingerprint density at radius 1 is 1.26 bits per heavy atom. The lowest BCUT2D eigenvalue weighted by molar-refractivity contribution is -0.139. The van der Waals surface area contributed by atoms with Crippen LogP contribution >= 0.6 is 47.8 Å². The number of halogens is 3. The summed E-state index contributed by atoms with van der Waals surface area (Å²) in [7, 11) is 0. The Morgan fingerprint density at radius 3 is 2.26 bits per heavy atom. The van der Waals surface area contributed by atoms with Crippen LogP contribution in [0.5, 0.6) is 0 Å². The molecule has 19 heavy (non-hydrogen) atoms. The highest BCUT2D eigenvalue weighted by molar-refractivity contribution is 9.11. The molecule has 5 nitrogen and oxygen atoms in total. The van der Waals surface area contributed by atoms with Crippen LogP contribution in [0.25, 0.3) is 0 Å². The molecular weight excluding hydrogens is 448 g/mol. The van der Waals surface area contributed by atoms with Gasteiger partial charge in [-0.1, -0.05) is 15.9 Å². The molecule has 0 heterocycles. The van der Waals surface area contributed by atoms with E-state index in [0.717, 1.165) is 4.47 Å². The van der Waals surface area contributed by atoms with Gasteiger partial charge >= 0.3 is 5.97 Å². The second-order valence-electron chi connectivity index (χ2n) is 3.73. The van der Waals surface area contributed by atoms with Crippen LogP contribution in [0, 0.1) is 0 Å². The van der Waals surface area contributed by atoms with Crippen molar-refractivity contribution in [3.8, 4) is 0 Å². The van der Waals surface area contributed by atoms with Gasteiger partial charge in [0.05, 0.1) is 12.2 Å². The molecule has 0 spiro atoms. The molecule has 0 fully saturated rings. The third-order valence-corrected chi connectivity index (χ3v) is 3.92. The van der Waals surface area contributed by atoms with Crippen LogP contribution in [0.1, 0.15) is 6.92 Å². The molecular formula is C11H11Br3N2O3. The van der Waals surface area contributed by atoms with Crippen molar-refractivity contribution in [3.63, 3.8) is 0 Å². The Balaban J connectivity index is 2.65. The summed E-state index contributed by atoms with van der Waals surface area (Å²) >= 11 is 10.0. The Hall–Kier alpha value is -0.440. The van der Waals surface area contributed by atoms with Crippen molar-refractivity contribution < 1.29 is 14.7 Å². The summed E-state index contributed by atoms with van der Waals surface area (Å²) in [5.41, 5.74) is 0.595. The van der Waals surface area contributed by atoms with Crippen molar-refractivity contribution in [2.45, 2.75) is 13.0 Å². The number of rotatable bonds is 5. The van der Waals surface area contributed by atoms with Crippen molar-refractivity contribution in [1.82, 2.24) is 5.32 Å². The minimum Gasteiger partial charge on any atom is -0.480 e. The Bertz CT molecular complexity index is 485. The van der Waals surface area contributed by atoms with E-state index in [0.29, 0.717) is 14.6 Å². The Labute approximate surface area is 135 Å². The zero-order chi connectivity index (χ0) is 14.6. The first kappa shape index (κ1) is 16.6. The van der Waals surface area contributed by atoms with E-state index in [4.69, 9.17) is 5.11 Å². The van der Waals surface area contributed by atoms with E-state index < -0.39 is 12.0 Å². The normalized spacial score (nSPS) is 12.0. The van der Waals surface area contributed by atoms with Crippen molar-refractivity contribution in [2.24, 2.45) is 0 Å². The maximum absolute atomic E-state index is 11.7. The number of carbonyl (C=O) groups is 2. The van der Waals surface area contributed by atoms with E-state index >= 15 is 0 Å². The lowest BCUT2D eigenvalue weighted by atomic mass is 10.3. The summed E-state index contributed by atoms with van der Waals surface area (Å²) in [5, 5.41) is 14.0. The molecule has 0 aliphatic carbocycles. The maximum Gasteiger partial charge on any atom is 0.320 e. The first-order chi connectivity index (χ1) is 8.81. The predicted molar refractivity (Wildman–Crippen MR) is 83.3 cm³/mol. The summed E-state index contributed by atoms with van der Waals surface area (Å²) in [5.74, 6) is -1.32. The second-order valence-corrected chi connectivity index (χ2v) is 6.36. The quantitative estimate of drug-likeness (QED) is 0.634. The fourth-order valence-corrected chi connectivity index (χ4v) is 3.64. The van der Waals surface area contributed by atoms with Gasteiger partial charge < -0.3 is 10.4 Å². The molecule has 0 bridgehead atoms. The molecule has 1 atom stereocenters. The molecule has 1 amide bonds. The molecule has 8 heteroatoms. The van der Waals surface area contributed by atoms with Crippen LogP contribution in [0.15, 0.2) is 25.6 Å². The third kappa shape index (κ3) is 5.21. The minimum atomic E-state index is -1.00. The van der Waals surface area contributed by atoms with Crippen molar-refractivity contribution in [2.75, 3.05) is 11.9 Å².